The summed E-state index contributed by atoms with van der Waals surface area (Å²) < 4.78 is 0. The quantitative estimate of drug-likeness (QED) is 0.614. The summed E-state index contributed by atoms with van der Waals surface area (Å²) in [4.78, 5) is 51.2. The van der Waals surface area contributed by atoms with Gasteiger partial charge in [0.1, 0.15) is 6.54 Å². The predicted octanol–water partition coefficient (Wildman–Crippen LogP) is 2.30. The molecule has 7 heteroatoms. The Bertz CT molecular complexity index is 753. The number of carbonyl (C=O) groups is 4. The molecule has 3 rings (SSSR count). The topological polar surface area (TPSA) is 86.8 Å². The van der Waals surface area contributed by atoms with Crippen molar-refractivity contribution in [2.24, 2.45) is 0 Å². The molecule has 1 aliphatic heterocycles. The van der Waals surface area contributed by atoms with E-state index in [-0.39, 0.29) is 12.1 Å². The number of aryl methyl sites for hydroxylation is 1. The van der Waals surface area contributed by atoms with Crippen molar-refractivity contribution in [1.82, 2.24) is 15.1 Å². The molecule has 0 aromatic heterocycles. The normalized spacial score (nSPS) is 19.1. The second-order valence-electron chi connectivity index (χ2n) is 7.23. The van der Waals surface area contributed by atoms with Crippen molar-refractivity contribution >= 4 is 23.8 Å². The van der Waals surface area contributed by atoms with Crippen molar-refractivity contribution in [3.8, 4) is 0 Å². The lowest BCUT2D eigenvalue weighted by molar-refractivity contribution is -0.144. The van der Waals surface area contributed by atoms with E-state index in [4.69, 9.17) is 0 Å². The molecule has 1 aliphatic carbocycles. The number of hydrogen-bond donors (Lipinski definition) is 1. The molecule has 1 saturated heterocycles. The van der Waals surface area contributed by atoms with Crippen molar-refractivity contribution in [2.45, 2.75) is 58.0 Å². The lowest BCUT2D eigenvalue weighted by Crippen LogP contribution is -2.43. The fourth-order valence-corrected chi connectivity index (χ4v) is 3.75. The third-order valence-electron chi connectivity index (χ3n) is 5.30. The first kappa shape index (κ1) is 19.1. The minimum atomic E-state index is -0.912. The van der Waals surface area contributed by atoms with E-state index in [2.05, 4.69) is 5.32 Å². The molecule has 1 N–H and O–H groups in total. The highest BCUT2D eigenvalue weighted by molar-refractivity contribution is 6.45. The Morgan fingerprint density at radius 1 is 1.11 bits per heavy atom. The molecule has 1 aromatic rings. The van der Waals surface area contributed by atoms with Gasteiger partial charge in [0.15, 0.2) is 0 Å². The first-order valence-electron chi connectivity index (χ1n) is 9.47. The van der Waals surface area contributed by atoms with E-state index >= 15 is 0 Å². The maximum Gasteiger partial charge on any atom is 0.334 e. The summed E-state index contributed by atoms with van der Waals surface area (Å²) in [7, 11) is 0. The summed E-state index contributed by atoms with van der Waals surface area (Å²) in [5, 5.41) is 2.85. The molecule has 1 heterocycles. The number of nitrogens with zero attached hydrogens (tertiary/aromatic N) is 2. The summed E-state index contributed by atoms with van der Waals surface area (Å²) in [5.74, 6) is -2.18. The van der Waals surface area contributed by atoms with Gasteiger partial charge in [0, 0.05) is 6.04 Å². The first-order chi connectivity index (χ1) is 12.9. The van der Waals surface area contributed by atoms with Crippen LogP contribution in [-0.4, -0.2) is 46.1 Å². The Hall–Kier alpha value is -2.70. The highest BCUT2D eigenvalue weighted by Gasteiger charge is 2.48. The standard InChI is InChI=1S/C20H25N3O4/c1-3-16(14-10-8-13(2)9-11-14)21-17(24)12-22-18(25)19(26)23(20(22)27)15-6-4-5-7-15/h8-11,15-16H,3-7,12H2,1-2H3,(H,21,24)/t16-/m0/s1. The van der Waals surface area contributed by atoms with Crippen LogP contribution in [0.5, 0.6) is 0 Å². The van der Waals surface area contributed by atoms with E-state index in [1.54, 1.807) is 0 Å². The molecule has 0 unspecified atom stereocenters. The number of nitrogens with one attached hydrogen (secondary N) is 1. The lowest BCUT2D eigenvalue weighted by atomic mass is 10.0. The van der Waals surface area contributed by atoms with Gasteiger partial charge < -0.3 is 5.32 Å². The molecule has 144 valence electrons. The van der Waals surface area contributed by atoms with Gasteiger partial charge in [-0.25, -0.2) is 9.69 Å². The number of hydrogen-bond acceptors (Lipinski definition) is 4. The van der Waals surface area contributed by atoms with Crippen molar-refractivity contribution in [1.29, 1.82) is 0 Å². The fourth-order valence-electron chi connectivity index (χ4n) is 3.75. The maximum atomic E-state index is 12.5. The van der Waals surface area contributed by atoms with E-state index in [1.807, 2.05) is 38.1 Å². The van der Waals surface area contributed by atoms with Gasteiger partial charge in [-0.15, -0.1) is 0 Å². The average Bonchev–Trinajstić information content (AvgIpc) is 3.24. The maximum absolute atomic E-state index is 12.5. The van der Waals surface area contributed by atoms with E-state index < -0.39 is 30.3 Å². The smallest absolute Gasteiger partial charge is 0.334 e. The Morgan fingerprint density at radius 3 is 2.33 bits per heavy atom. The fraction of sp³-hybridized carbons (Fsp3) is 0.500. The number of carbonyl (C=O) groups excluding carboxylic acids is 4. The van der Waals surface area contributed by atoms with Crippen LogP contribution in [0, 0.1) is 6.92 Å². The Morgan fingerprint density at radius 2 is 1.74 bits per heavy atom. The molecular formula is C20H25N3O4. The number of imide groups is 2. The number of amides is 5. The highest BCUT2D eigenvalue weighted by atomic mass is 16.2. The van der Waals surface area contributed by atoms with E-state index in [1.165, 1.54) is 0 Å². The Kier molecular flexibility index (Phi) is 5.58. The van der Waals surface area contributed by atoms with Gasteiger partial charge in [-0.2, -0.15) is 0 Å². The number of benzene rings is 1. The molecule has 5 amide bonds. The van der Waals surface area contributed by atoms with Crippen molar-refractivity contribution in [3.63, 3.8) is 0 Å². The zero-order valence-electron chi connectivity index (χ0n) is 15.7. The van der Waals surface area contributed by atoms with Crippen LogP contribution >= 0.6 is 0 Å². The lowest BCUT2D eigenvalue weighted by Gasteiger charge is -2.22. The monoisotopic (exact) mass is 371 g/mol. The Labute approximate surface area is 158 Å². The summed E-state index contributed by atoms with van der Waals surface area (Å²) in [6.45, 7) is 3.50. The van der Waals surface area contributed by atoms with E-state index in [0.717, 1.165) is 46.6 Å². The van der Waals surface area contributed by atoms with Crippen LogP contribution in [0.2, 0.25) is 0 Å². The van der Waals surface area contributed by atoms with Crippen LogP contribution < -0.4 is 5.32 Å². The van der Waals surface area contributed by atoms with E-state index in [9.17, 15) is 19.2 Å². The van der Waals surface area contributed by atoms with Crippen LogP contribution in [0.25, 0.3) is 0 Å². The molecule has 27 heavy (non-hydrogen) atoms. The van der Waals surface area contributed by atoms with Gasteiger partial charge in [0.05, 0.1) is 6.04 Å². The average molecular weight is 371 g/mol. The molecule has 0 bridgehead atoms. The highest BCUT2D eigenvalue weighted by Crippen LogP contribution is 2.27. The predicted molar refractivity (Wildman–Crippen MR) is 98.6 cm³/mol. The molecule has 2 fully saturated rings. The molecule has 0 radical (unpaired) electrons. The molecule has 2 aliphatic rings. The Balaban J connectivity index is 1.65. The van der Waals surface area contributed by atoms with Crippen molar-refractivity contribution < 1.29 is 19.2 Å². The minimum Gasteiger partial charge on any atom is -0.348 e. The number of rotatable bonds is 6. The van der Waals surface area contributed by atoms with Gasteiger partial charge in [-0.05, 0) is 31.7 Å². The van der Waals surface area contributed by atoms with Crippen molar-refractivity contribution in [3.05, 3.63) is 35.4 Å². The van der Waals surface area contributed by atoms with Crippen molar-refractivity contribution in [2.75, 3.05) is 6.54 Å². The molecule has 0 spiro atoms. The molecule has 7 nitrogen and oxygen atoms in total. The zero-order valence-corrected chi connectivity index (χ0v) is 15.7. The van der Waals surface area contributed by atoms with Gasteiger partial charge in [-0.1, -0.05) is 49.6 Å². The van der Waals surface area contributed by atoms with Gasteiger partial charge >= 0.3 is 17.8 Å². The van der Waals surface area contributed by atoms with E-state index in [0.29, 0.717) is 6.42 Å². The second kappa shape index (κ2) is 7.90. The minimum absolute atomic E-state index is 0.215. The van der Waals surface area contributed by atoms with Crippen LogP contribution in [-0.2, 0) is 14.4 Å². The first-order valence-corrected chi connectivity index (χ1v) is 9.47. The van der Waals surface area contributed by atoms with Crippen LogP contribution in [0.1, 0.15) is 56.2 Å². The summed E-state index contributed by atoms with van der Waals surface area (Å²) in [6.07, 6.45) is 3.98. The van der Waals surface area contributed by atoms with Gasteiger partial charge in [-0.3, -0.25) is 19.3 Å². The second-order valence-corrected chi connectivity index (χ2v) is 7.23. The summed E-state index contributed by atoms with van der Waals surface area (Å²) in [6, 6.07) is 6.72. The van der Waals surface area contributed by atoms with Gasteiger partial charge in [0.25, 0.3) is 0 Å². The summed E-state index contributed by atoms with van der Waals surface area (Å²) >= 11 is 0. The molecule has 1 aromatic carbocycles. The van der Waals surface area contributed by atoms with Crippen LogP contribution in [0.3, 0.4) is 0 Å². The molecular weight excluding hydrogens is 346 g/mol. The van der Waals surface area contributed by atoms with Gasteiger partial charge in [0.2, 0.25) is 5.91 Å². The van der Waals surface area contributed by atoms with Crippen LogP contribution in [0.15, 0.2) is 24.3 Å². The largest absolute Gasteiger partial charge is 0.348 e. The SMILES string of the molecule is CC[C@H](NC(=O)CN1C(=O)C(=O)N(C2CCCC2)C1=O)c1ccc(C)cc1. The zero-order chi connectivity index (χ0) is 19.6. The number of urea groups is 1. The molecule has 1 atom stereocenters. The van der Waals surface area contributed by atoms with Crippen LogP contribution in [0.4, 0.5) is 4.79 Å². The third kappa shape index (κ3) is 3.86. The summed E-state index contributed by atoms with van der Waals surface area (Å²) in [5.41, 5.74) is 2.08. The third-order valence-corrected chi connectivity index (χ3v) is 5.30. The molecule has 1 saturated carbocycles.